The highest BCUT2D eigenvalue weighted by Crippen LogP contribution is 1.51. The Morgan fingerprint density at radius 3 is 1.33 bits per heavy atom. The molecule has 7 N–H and O–H groups in total. The number of primary amides is 3. The molecule has 5 amide bonds. The van der Waals surface area contributed by atoms with Gasteiger partial charge in [-0.3, -0.25) is 10.1 Å². The SMILES string of the molecule is C=CC(N)=O.NC(=O)NC(N)=O. The predicted molar refractivity (Wildman–Crippen MR) is 41.7 cm³/mol. The molecule has 0 unspecified atom stereocenters. The molecule has 12 heavy (non-hydrogen) atoms. The molecule has 0 aromatic carbocycles. The summed E-state index contributed by atoms with van der Waals surface area (Å²) in [5.74, 6) is -0.481. The van der Waals surface area contributed by atoms with Crippen LogP contribution >= 0.6 is 0 Å². The number of carbonyl (C=O) groups is 3. The summed E-state index contributed by atoms with van der Waals surface area (Å²) < 4.78 is 0. The number of hydrogen-bond acceptors (Lipinski definition) is 3. The Balaban J connectivity index is 0. The highest BCUT2D eigenvalue weighted by Gasteiger charge is 1.92. The first kappa shape index (κ1) is 12.6. The summed E-state index contributed by atoms with van der Waals surface area (Å²) in [7, 11) is 0. The maximum Gasteiger partial charge on any atom is 0.320 e. The van der Waals surface area contributed by atoms with Crippen LogP contribution in [0.2, 0.25) is 0 Å². The van der Waals surface area contributed by atoms with Gasteiger partial charge in [0.2, 0.25) is 5.91 Å². The molecule has 0 rings (SSSR count). The minimum atomic E-state index is -0.938. The van der Waals surface area contributed by atoms with Gasteiger partial charge in [0.25, 0.3) is 0 Å². The number of hydrogen-bond donors (Lipinski definition) is 4. The molecule has 0 aliphatic rings. The minimum Gasteiger partial charge on any atom is -0.366 e. The smallest absolute Gasteiger partial charge is 0.320 e. The summed E-state index contributed by atoms with van der Waals surface area (Å²) in [5.41, 5.74) is 13.4. The van der Waals surface area contributed by atoms with Crippen LogP contribution in [-0.4, -0.2) is 18.0 Å². The lowest BCUT2D eigenvalue weighted by atomic mass is 10.6. The van der Waals surface area contributed by atoms with Crippen LogP contribution in [0.5, 0.6) is 0 Å². The standard InChI is InChI=1S/C3H5NO.C2H5N3O2/c1-2-3(4)5;3-1(6)5-2(4)7/h2H,1H2,(H2,4,5);(H5,3,4,5,6,7). The normalized spacial score (nSPS) is 7.00. The fraction of sp³-hybridized carbons (Fsp3) is 0. The number of nitrogens with two attached hydrogens (primary N) is 3. The molecule has 0 saturated carbocycles. The Labute approximate surface area is 68.6 Å². The highest BCUT2D eigenvalue weighted by atomic mass is 16.2. The van der Waals surface area contributed by atoms with Crippen molar-refractivity contribution in [3.63, 3.8) is 0 Å². The van der Waals surface area contributed by atoms with Crippen molar-refractivity contribution < 1.29 is 14.4 Å². The first-order valence-corrected chi connectivity index (χ1v) is 2.68. The van der Waals surface area contributed by atoms with Gasteiger partial charge in [-0.15, -0.1) is 0 Å². The van der Waals surface area contributed by atoms with Crippen LogP contribution in [0.25, 0.3) is 0 Å². The lowest BCUT2D eigenvalue weighted by Gasteiger charge is -1.88. The van der Waals surface area contributed by atoms with E-state index in [0.717, 1.165) is 6.08 Å². The number of rotatable bonds is 1. The van der Waals surface area contributed by atoms with Gasteiger partial charge >= 0.3 is 12.1 Å². The molecule has 0 aromatic heterocycles. The van der Waals surface area contributed by atoms with Crippen molar-refractivity contribution in [1.82, 2.24) is 5.32 Å². The molecule has 7 nitrogen and oxygen atoms in total. The summed E-state index contributed by atoms with van der Waals surface area (Å²) >= 11 is 0. The van der Waals surface area contributed by atoms with Gasteiger partial charge in [-0.05, 0) is 6.08 Å². The number of amides is 5. The van der Waals surface area contributed by atoms with E-state index in [1.54, 1.807) is 5.32 Å². The van der Waals surface area contributed by atoms with E-state index in [4.69, 9.17) is 0 Å². The van der Waals surface area contributed by atoms with Crippen LogP contribution in [0.4, 0.5) is 9.59 Å². The first-order chi connectivity index (χ1) is 5.40. The average molecular weight is 174 g/mol. The van der Waals surface area contributed by atoms with Gasteiger partial charge in [0.1, 0.15) is 0 Å². The van der Waals surface area contributed by atoms with Crippen molar-refractivity contribution in [1.29, 1.82) is 0 Å². The maximum absolute atomic E-state index is 9.62. The van der Waals surface area contributed by atoms with Gasteiger partial charge in [-0.25, -0.2) is 9.59 Å². The Morgan fingerprint density at radius 1 is 1.08 bits per heavy atom. The topological polar surface area (TPSA) is 141 Å². The third-order valence-electron chi connectivity index (χ3n) is 0.448. The highest BCUT2D eigenvalue weighted by molar-refractivity contribution is 5.91. The number of nitrogens with one attached hydrogen (secondary N) is 1. The molecule has 0 spiro atoms. The molecule has 7 heteroatoms. The molecule has 0 atom stereocenters. The monoisotopic (exact) mass is 174 g/mol. The van der Waals surface area contributed by atoms with E-state index < -0.39 is 18.0 Å². The zero-order chi connectivity index (χ0) is 10.1. The molecule has 0 saturated heterocycles. The quantitative estimate of drug-likeness (QED) is 0.355. The van der Waals surface area contributed by atoms with Gasteiger partial charge in [0.15, 0.2) is 0 Å². The van der Waals surface area contributed by atoms with E-state index in [-0.39, 0.29) is 0 Å². The summed E-state index contributed by atoms with van der Waals surface area (Å²) in [4.78, 5) is 28.7. The molecule has 0 fully saturated rings. The lowest BCUT2D eigenvalue weighted by Crippen LogP contribution is -2.38. The largest absolute Gasteiger partial charge is 0.366 e. The Kier molecular flexibility index (Phi) is 7.42. The van der Waals surface area contributed by atoms with E-state index in [1.807, 2.05) is 0 Å². The second-order valence-electron chi connectivity index (χ2n) is 1.46. The van der Waals surface area contributed by atoms with Gasteiger partial charge in [0, 0.05) is 0 Å². The molecular weight excluding hydrogens is 164 g/mol. The second kappa shape index (κ2) is 7.06. The Morgan fingerprint density at radius 2 is 1.33 bits per heavy atom. The molecule has 0 aliphatic heterocycles. The number of urea groups is 2. The average Bonchev–Trinajstić information content (AvgIpc) is 1.85. The van der Waals surface area contributed by atoms with Crippen molar-refractivity contribution in [3.05, 3.63) is 12.7 Å². The van der Waals surface area contributed by atoms with Gasteiger partial charge < -0.3 is 17.2 Å². The summed E-state index contributed by atoms with van der Waals surface area (Å²) in [6.45, 7) is 3.09. The van der Waals surface area contributed by atoms with Crippen LogP contribution in [0.3, 0.4) is 0 Å². The van der Waals surface area contributed by atoms with Gasteiger partial charge in [-0.1, -0.05) is 6.58 Å². The molecule has 0 heterocycles. The van der Waals surface area contributed by atoms with Crippen LogP contribution in [0.1, 0.15) is 0 Å². The van der Waals surface area contributed by atoms with E-state index in [1.165, 1.54) is 0 Å². The molecule has 0 bridgehead atoms. The Hall–Kier alpha value is -2.05. The molecule has 0 aliphatic carbocycles. The fourth-order valence-electron chi connectivity index (χ4n) is 0.121. The van der Waals surface area contributed by atoms with Crippen LogP contribution in [0.15, 0.2) is 12.7 Å². The molecule has 0 aromatic rings. The van der Waals surface area contributed by atoms with Crippen molar-refractivity contribution >= 4 is 18.0 Å². The van der Waals surface area contributed by atoms with Crippen molar-refractivity contribution in [2.45, 2.75) is 0 Å². The zero-order valence-electron chi connectivity index (χ0n) is 6.24. The maximum atomic E-state index is 9.62. The third-order valence-corrected chi connectivity index (χ3v) is 0.448. The van der Waals surface area contributed by atoms with E-state index >= 15 is 0 Å². The predicted octanol–water partition coefficient (Wildman–Crippen LogP) is -1.61. The van der Waals surface area contributed by atoms with Crippen molar-refractivity contribution in [2.75, 3.05) is 0 Å². The van der Waals surface area contributed by atoms with E-state index in [2.05, 4.69) is 23.8 Å². The number of carbonyl (C=O) groups excluding carboxylic acids is 3. The first-order valence-electron chi connectivity index (χ1n) is 2.68. The summed E-state index contributed by atoms with van der Waals surface area (Å²) in [5, 5.41) is 1.58. The number of imide groups is 1. The van der Waals surface area contributed by atoms with Gasteiger partial charge in [0.05, 0.1) is 0 Å². The molecular formula is C5H10N4O3. The zero-order valence-corrected chi connectivity index (χ0v) is 6.24. The lowest BCUT2D eigenvalue weighted by molar-refractivity contribution is -0.113. The molecule has 68 valence electrons. The van der Waals surface area contributed by atoms with Crippen LogP contribution < -0.4 is 22.5 Å². The third kappa shape index (κ3) is 24.6. The van der Waals surface area contributed by atoms with Crippen molar-refractivity contribution in [2.24, 2.45) is 17.2 Å². The van der Waals surface area contributed by atoms with Crippen LogP contribution in [0, 0.1) is 0 Å². The fourth-order valence-corrected chi connectivity index (χ4v) is 0.121. The van der Waals surface area contributed by atoms with E-state index in [9.17, 15) is 14.4 Å². The Bertz CT molecular complexity index is 189. The molecule has 0 radical (unpaired) electrons. The second-order valence-corrected chi connectivity index (χ2v) is 1.46. The van der Waals surface area contributed by atoms with Crippen LogP contribution in [-0.2, 0) is 4.79 Å². The van der Waals surface area contributed by atoms with Crippen molar-refractivity contribution in [3.8, 4) is 0 Å². The minimum absolute atomic E-state index is 0.481. The summed E-state index contributed by atoms with van der Waals surface area (Å²) in [6, 6.07) is -1.88. The van der Waals surface area contributed by atoms with E-state index in [0.29, 0.717) is 0 Å². The van der Waals surface area contributed by atoms with Gasteiger partial charge in [-0.2, -0.15) is 0 Å². The summed E-state index contributed by atoms with van der Waals surface area (Å²) in [6.07, 6.45) is 1.06.